The van der Waals surface area contributed by atoms with Crippen molar-refractivity contribution in [1.29, 1.82) is 0 Å². The van der Waals surface area contributed by atoms with Crippen LogP contribution in [0.1, 0.15) is 18.1 Å². The zero-order valence-corrected chi connectivity index (χ0v) is 16.9. The number of likely N-dealkylation sites (N-methyl/N-ethyl adjacent to an activating group) is 1. The summed E-state index contributed by atoms with van der Waals surface area (Å²) in [4.78, 5) is 4.85. The first-order chi connectivity index (χ1) is 13.5. The molecule has 2 heterocycles. The van der Waals surface area contributed by atoms with E-state index in [1.807, 2.05) is 24.3 Å². The molecule has 2 aliphatic rings. The highest BCUT2D eigenvalue weighted by molar-refractivity contribution is 5.77. The van der Waals surface area contributed by atoms with Gasteiger partial charge in [0.25, 0.3) is 0 Å². The molecule has 1 fully saturated rings. The first-order valence-corrected chi connectivity index (χ1v) is 9.69. The fourth-order valence-electron chi connectivity index (χ4n) is 3.92. The molecule has 28 heavy (non-hydrogen) atoms. The van der Waals surface area contributed by atoms with Gasteiger partial charge in [0, 0.05) is 31.8 Å². The predicted molar refractivity (Wildman–Crippen MR) is 119 cm³/mol. The van der Waals surface area contributed by atoms with Crippen LogP contribution in [0.3, 0.4) is 0 Å². The maximum Gasteiger partial charge on any atom is 0.114 e. The van der Waals surface area contributed by atoms with E-state index in [0.717, 1.165) is 48.6 Å². The maximum atomic E-state index is 5.78. The minimum absolute atomic E-state index is 0.359. The van der Waals surface area contributed by atoms with Gasteiger partial charge in [-0.15, -0.1) is 0 Å². The van der Waals surface area contributed by atoms with Crippen molar-refractivity contribution in [2.75, 3.05) is 33.2 Å². The number of nitrogens with zero attached hydrogens (tertiary/aromatic N) is 2. The molecule has 0 bridgehead atoms. The highest BCUT2D eigenvalue weighted by Gasteiger charge is 2.43. The summed E-state index contributed by atoms with van der Waals surface area (Å²) in [5.41, 5.74) is 17.9. The van der Waals surface area contributed by atoms with E-state index in [4.69, 9.17) is 5.73 Å². The number of benzene rings is 1. The first-order valence-electron chi connectivity index (χ1n) is 9.69. The normalized spacial score (nSPS) is 24.6. The summed E-state index contributed by atoms with van der Waals surface area (Å²) in [6.45, 7) is 14.0. The van der Waals surface area contributed by atoms with Crippen molar-refractivity contribution in [1.82, 2.24) is 20.7 Å². The van der Waals surface area contributed by atoms with Gasteiger partial charge in [0.1, 0.15) is 5.66 Å². The van der Waals surface area contributed by atoms with Crippen molar-refractivity contribution in [3.05, 3.63) is 84.1 Å². The minimum Gasteiger partial charge on any atom is -0.405 e. The fourth-order valence-corrected chi connectivity index (χ4v) is 3.92. The highest BCUT2D eigenvalue weighted by atomic mass is 15.5. The quantitative estimate of drug-likeness (QED) is 0.666. The van der Waals surface area contributed by atoms with E-state index < -0.39 is 0 Å². The zero-order chi connectivity index (χ0) is 20.1. The van der Waals surface area contributed by atoms with Crippen LogP contribution in [0.2, 0.25) is 0 Å². The van der Waals surface area contributed by atoms with Crippen LogP contribution in [-0.4, -0.2) is 48.7 Å². The minimum atomic E-state index is -0.359. The summed E-state index contributed by atoms with van der Waals surface area (Å²) in [5, 5.41) is 0. The van der Waals surface area contributed by atoms with Gasteiger partial charge < -0.3 is 16.1 Å². The molecule has 1 aromatic carbocycles. The number of hydrogen-bond donors (Lipinski definition) is 3. The highest BCUT2D eigenvalue weighted by Crippen LogP contribution is 2.38. The molecule has 0 saturated carbocycles. The average Bonchev–Trinajstić information content (AvgIpc) is 3.06. The van der Waals surface area contributed by atoms with E-state index >= 15 is 0 Å². The SMILES string of the molecule is C=C/C=C(\C=C/N)C1=C(c2ccc(C=C)cc2)NNC1(C)N1CCN(C)CC1. The lowest BCUT2D eigenvalue weighted by molar-refractivity contribution is 0.0546. The number of nitrogens with one attached hydrogen (secondary N) is 2. The predicted octanol–water partition coefficient (Wildman–Crippen LogP) is 2.70. The second kappa shape index (κ2) is 8.61. The van der Waals surface area contributed by atoms with Crippen LogP contribution >= 0.6 is 0 Å². The van der Waals surface area contributed by atoms with Gasteiger partial charge in [0.05, 0.1) is 5.70 Å². The number of hydrogen-bond acceptors (Lipinski definition) is 5. The summed E-state index contributed by atoms with van der Waals surface area (Å²) >= 11 is 0. The molecule has 148 valence electrons. The van der Waals surface area contributed by atoms with E-state index in [2.05, 4.69) is 72.0 Å². The Bertz CT molecular complexity index is 810. The molecule has 4 N–H and O–H groups in total. The number of hydrazine groups is 1. The molecule has 5 heteroatoms. The van der Waals surface area contributed by atoms with E-state index in [1.54, 1.807) is 6.20 Å². The molecule has 1 saturated heterocycles. The van der Waals surface area contributed by atoms with Crippen LogP contribution < -0.4 is 16.6 Å². The Labute approximate surface area is 168 Å². The van der Waals surface area contributed by atoms with E-state index in [-0.39, 0.29) is 5.66 Å². The summed E-state index contributed by atoms with van der Waals surface area (Å²) in [7, 11) is 2.17. The molecule has 1 atom stereocenters. The second-order valence-corrected chi connectivity index (χ2v) is 7.41. The molecule has 5 nitrogen and oxygen atoms in total. The molecule has 0 radical (unpaired) electrons. The topological polar surface area (TPSA) is 56.6 Å². The summed E-state index contributed by atoms with van der Waals surface area (Å²) in [6, 6.07) is 8.40. The third kappa shape index (κ3) is 3.83. The van der Waals surface area contributed by atoms with Crippen molar-refractivity contribution in [3.63, 3.8) is 0 Å². The Kier molecular flexibility index (Phi) is 6.19. The molecule has 0 aromatic heterocycles. The molecular weight excluding hydrogens is 346 g/mol. The number of nitrogens with two attached hydrogens (primary N) is 1. The Morgan fingerprint density at radius 2 is 1.82 bits per heavy atom. The van der Waals surface area contributed by atoms with Crippen LogP contribution in [-0.2, 0) is 0 Å². The summed E-state index contributed by atoms with van der Waals surface area (Å²) < 4.78 is 0. The van der Waals surface area contributed by atoms with E-state index in [0.29, 0.717) is 0 Å². The molecule has 2 aliphatic heterocycles. The smallest absolute Gasteiger partial charge is 0.114 e. The number of allylic oxidation sites excluding steroid dienone is 3. The first kappa shape index (κ1) is 20.1. The van der Waals surface area contributed by atoms with Crippen LogP contribution in [0.4, 0.5) is 0 Å². The maximum absolute atomic E-state index is 5.78. The Balaban J connectivity index is 2.12. The van der Waals surface area contributed by atoms with Gasteiger partial charge in [-0.3, -0.25) is 4.90 Å². The largest absolute Gasteiger partial charge is 0.405 e. The van der Waals surface area contributed by atoms with Gasteiger partial charge >= 0.3 is 0 Å². The van der Waals surface area contributed by atoms with Crippen molar-refractivity contribution >= 4 is 11.8 Å². The third-order valence-corrected chi connectivity index (χ3v) is 5.60. The average molecular weight is 378 g/mol. The van der Waals surface area contributed by atoms with Crippen molar-refractivity contribution < 1.29 is 0 Å². The standard InChI is InChI=1S/C23H31N5/c1-5-7-19(12-13-24)21-22(20-10-8-18(6-2)9-11-20)25-26-23(21,3)28-16-14-27(4)15-17-28/h5-13,25-26H,1-2,14-17,24H2,3-4H3/b13-12-,19-7+. The van der Waals surface area contributed by atoms with Gasteiger partial charge in [0.15, 0.2) is 0 Å². The molecule has 0 spiro atoms. The Morgan fingerprint density at radius 1 is 1.14 bits per heavy atom. The Hall–Kier alpha value is -2.60. The summed E-state index contributed by atoms with van der Waals surface area (Å²) in [5.74, 6) is 0. The Morgan fingerprint density at radius 3 is 2.39 bits per heavy atom. The number of rotatable bonds is 6. The van der Waals surface area contributed by atoms with Gasteiger partial charge in [-0.1, -0.05) is 55.7 Å². The van der Waals surface area contributed by atoms with Gasteiger partial charge in [-0.25, -0.2) is 5.43 Å². The van der Waals surface area contributed by atoms with Crippen molar-refractivity contribution in [2.24, 2.45) is 5.73 Å². The molecule has 1 aromatic rings. The lowest BCUT2D eigenvalue weighted by atomic mass is 9.89. The monoisotopic (exact) mass is 377 g/mol. The summed E-state index contributed by atoms with van der Waals surface area (Å²) in [6.07, 6.45) is 9.21. The van der Waals surface area contributed by atoms with Gasteiger partial charge in [-0.2, -0.15) is 0 Å². The molecule has 3 rings (SSSR count). The van der Waals surface area contributed by atoms with Crippen LogP contribution in [0.15, 0.2) is 73.0 Å². The number of piperazine rings is 1. The van der Waals surface area contributed by atoms with E-state index in [9.17, 15) is 0 Å². The zero-order valence-electron chi connectivity index (χ0n) is 16.9. The van der Waals surface area contributed by atoms with Crippen LogP contribution in [0, 0.1) is 0 Å². The van der Waals surface area contributed by atoms with Crippen molar-refractivity contribution in [3.8, 4) is 0 Å². The fraction of sp³-hybridized carbons (Fsp3) is 0.304. The molecule has 1 unspecified atom stereocenters. The second-order valence-electron chi connectivity index (χ2n) is 7.41. The van der Waals surface area contributed by atoms with Gasteiger partial charge in [0.2, 0.25) is 0 Å². The molecule has 0 aliphatic carbocycles. The van der Waals surface area contributed by atoms with Gasteiger partial charge in [-0.05, 0) is 42.9 Å². The molecule has 0 amide bonds. The lowest BCUT2D eigenvalue weighted by Gasteiger charge is -2.44. The van der Waals surface area contributed by atoms with Crippen molar-refractivity contribution in [2.45, 2.75) is 12.6 Å². The van der Waals surface area contributed by atoms with Crippen LogP contribution in [0.5, 0.6) is 0 Å². The van der Waals surface area contributed by atoms with E-state index in [1.165, 1.54) is 5.57 Å². The lowest BCUT2D eigenvalue weighted by Crippen LogP contribution is -2.62. The molecular formula is C23H31N5. The third-order valence-electron chi connectivity index (χ3n) is 5.60. The van der Waals surface area contributed by atoms with Crippen LogP contribution in [0.25, 0.3) is 11.8 Å².